The topological polar surface area (TPSA) is 88.9 Å². The summed E-state index contributed by atoms with van der Waals surface area (Å²) in [5.41, 5.74) is 2.09. The molecule has 2 atom stereocenters. The third kappa shape index (κ3) is 4.09. The van der Waals surface area contributed by atoms with Crippen LogP contribution in [-0.2, 0) is 14.3 Å². The van der Waals surface area contributed by atoms with Gasteiger partial charge in [-0.2, -0.15) is 5.10 Å². The summed E-state index contributed by atoms with van der Waals surface area (Å²) in [6.07, 6.45) is 0.818. The fraction of sp³-hybridized carbons (Fsp3) is 0.261. The molecule has 2 heterocycles. The van der Waals surface area contributed by atoms with Crippen LogP contribution in [0.3, 0.4) is 0 Å². The summed E-state index contributed by atoms with van der Waals surface area (Å²) in [6.45, 7) is 1.75. The molecule has 0 aliphatic carbocycles. The number of methoxy groups -OCH3 is 2. The molecule has 0 saturated carbocycles. The van der Waals surface area contributed by atoms with Crippen LogP contribution in [0.4, 0.5) is 0 Å². The molecule has 1 fully saturated rings. The highest BCUT2D eigenvalue weighted by atomic mass is 16.6. The lowest BCUT2D eigenvalue weighted by atomic mass is 10.1. The predicted octanol–water partition coefficient (Wildman–Crippen LogP) is 3.42. The van der Waals surface area contributed by atoms with Crippen LogP contribution in [-0.4, -0.2) is 48.1 Å². The van der Waals surface area contributed by atoms with Crippen LogP contribution in [0.5, 0.6) is 11.5 Å². The molecule has 4 rings (SSSR count). The van der Waals surface area contributed by atoms with E-state index >= 15 is 0 Å². The molecule has 0 bridgehead atoms. The van der Waals surface area contributed by atoms with Gasteiger partial charge in [0.25, 0.3) is 0 Å². The van der Waals surface area contributed by atoms with Crippen LogP contribution in [0, 0.1) is 0 Å². The van der Waals surface area contributed by atoms with Crippen LogP contribution in [0.25, 0.3) is 16.8 Å². The van der Waals surface area contributed by atoms with E-state index in [2.05, 4.69) is 5.10 Å². The first-order valence-electron chi connectivity index (χ1n) is 9.79. The fourth-order valence-electron chi connectivity index (χ4n) is 3.45. The number of nitrogens with zero attached hydrogens (tertiary/aromatic N) is 2. The number of aromatic nitrogens is 2. The minimum Gasteiger partial charge on any atom is -0.493 e. The van der Waals surface area contributed by atoms with Gasteiger partial charge in [-0.05, 0) is 36.8 Å². The summed E-state index contributed by atoms with van der Waals surface area (Å²) >= 11 is 0. The van der Waals surface area contributed by atoms with E-state index in [1.165, 1.54) is 7.11 Å². The molecule has 8 nitrogen and oxygen atoms in total. The number of benzene rings is 2. The Morgan fingerprint density at radius 3 is 2.48 bits per heavy atom. The number of hydrogen-bond donors (Lipinski definition) is 0. The average molecular weight is 422 g/mol. The van der Waals surface area contributed by atoms with Gasteiger partial charge < -0.3 is 18.9 Å². The van der Waals surface area contributed by atoms with Crippen LogP contribution in [0.1, 0.15) is 23.8 Å². The molecule has 3 aromatic rings. The molecule has 0 amide bonds. The Balaban J connectivity index is 1.75. The van der Waals surface area contributed by atoms with Crippen molar-refractivity contribution in [2.45, 2.75) is 25.6 Å². The summed E-state index contributed by atoms with van der Waals surface area (Å²) < 4.78 is 22.8. The van der Waals surface area contributed by atoms with E-state index in [0.717, 1.165) is 5.69 Å². The van der Waals surface area contributed by atoms with Crippen molar-refractivity contribution in [3.63, 3.8) is 0 Å². The Morgan fingerprint density at radius 2 is 1.84 bits per heavy atom. The second-order valence-corrected chi connectivity index (χ2v) is 7.12. The number of hydrogen-bond acceptors (Lipinski definition) is 7. The lowest BCUT2D eigenvalue weighted by molar-refractivity contribution is -0.147. The average Bonchev–Trinajstić information content (AvgIpc) is 3.37. The molecule has 0 radical (unpaired) electrons. The maximum atomic E-state index is 13.0. The summed E-state index contributed by atoms with van der Waals surface area (Å²) in [6, 6.07) is 14.7. The number of para-hydroxylation sites is 1. The number of rotatable bonds is 6. The summed E-state index contributed by atoms with van der Waals surface area (Å²) in [7, 11) is 3.09. The van der Waals surface area contributed by atoms with E-state index in [4.69, 9.17) is 18.9 Å². The Bertz CT molecular complexity index is 1110. The summed E-state index contributed by atoms with van der Waals surface area (Å²) in [4.78, 5) is 24.9. The Labute approximate surface area is 179 Å². The fourth-order valence-corrected chi connectivity index (χ4v) is 3.45. The van der Waals surface area contributed by atoms with Crippen molar-refractivity contribution < 1.29 is 28.5 Å². The molecule has 1 aromatic heterocycles. The van der Waals surface area contributed by atoms with E-state index in [-0.39, 0.29) is 11.8 Å². The van der Waals surface area contributed by atoms with Crippen molar-refractivity contribution in [3.05, 3.63) is 60.4 Å². The van der Waals surface area contributed by atoms with Crippen molar-refractivity contribution in [2.75, 3.05) is 14.2 Å². The third-order valence-corrected chi connectivity index (χ3v) is 5.00. The molecule has 0 spiro atoms. The van der Waals surface area contributed by atoms with Gasteiger partial charge in [0, 0.05) is 18.2 Å². The van der Waals surface area contributed by atoms with Crippen molar-refractivity contribution in [2.24, 2.45) is 0 Å². The summed E-state index contributed by atoms with van der Waals surface area (Å²) in [5, 5.41) is 4.46. The normalized spacial score (nSPS) is 17.8. The minimum atomic E-state index is -0.942. The number of esters is 2. The highest BCUT2D eigenvalue weighted by Crippen LogP contribution is 2.34. The van der Waals surface area contributed by atoms with Gasteiger partial charge in [-0.1, -0.05) is 24.3 Å². The molecule has 160 valence electrons. The number of carbonyl (C=O) groups is 2. The predicted molar refractivity (Wildman–Crippen MR) is 111 cm³/mol. The van der Waals surface area contributed by atoms with E-state index in [1.54, 1.807) is 43.1 Å². The van der Waals surface area contributed by atoms with Gasteiger partial charge in [-0.3, -0.25) is 0 Å². The lowest BCUT2D eigenvalue weighted by Gasteiger charge is -2.10. The minimum absolute atomic E-state index is 0.0865. The largest absolute Gasteiger partial charge is 0.493 e. The zero-order valence-corrected chi connectivity index (χ0v) is 17.4. The zero-order valence-electron chi connectivity index (χ0n) is 17.4. The standard InChI is InChI=1S/C23H22N2O6/c1-14-11-20(22(26)30-14)31-23(27)21-17(13-25(24-21)16-7-5-4-6-8-16)15-9-10-18(28-2)19(12-15)29-3/h4-10,12-14,20H,11H2,1-3H3. The van der Waals surface area contributed by atoms with Gasteiger partial charge in [-0.25, -0.2) is 14.3 Å². The maximum Gasteiger partial charge on any atom is 0.360 e. The van der Waals surface area contributed by atoms with Crippen LogP contribution in [0.2, 0.25) is 0 Å². The Kier molecular flexibility index (Phi) is 5.62. The lowest BCUT2D eigenvalue weighted by Crippen LogP contribution is -2.23. The van der Waals surface area contributed by atoms with Crippen molar-refractivity contribution in [3.8, 4) is 28.3 Å². The van der Waals surface area contributed by atoms with Crippen molar-refractivity contribution in [1.82, 2.24) is 9.78 Å². The maximum absolute atomic E-state index is 13.0. The monoisotopic (exact) mass is 422 g/mol. The van der Waals surface area contributed by atoms with Gasteiger partial charge in [0.05, 0.1) is 19.9 Å². The third-order valence-electron chi connectivity index (χ3n) is 5.00. The van der Waals surface area contributed by atoms with Gasteiger partial charge >= 0.3 is 11.9 Å². The van der Waals surface area contributed by atoms with E-state index in [0.29, 0.717) is 29.0 Å². The Morgan fingerprint density at radius 1 is 1.10 bits per heavy atom. The smallest absolute Gasteiger partial charge is 0.360 e. The molecule has 1 aliphatic rings. The second kappa shape index (κ2) is 8.51. The zero-order chi connectivity index (χ0) is 22.0. The van der Waals surface area contributed by atoms with Crippen LogP contribution >= 0.6 is 0 Å². The highest BCUT2D eigenvalue weighted by molar-refractivity contribution is 5.97. The molecule has 1 aliphatic heterocycles. The van der Waals surface area contributed by atoms with Gasteiger partial charge in [0.1, 0.15) is 6.10 Å². The summed E-state index contributed by atoms with van der Waals surface area (Å²) in [5.74, 6) is -0.167. The highest BCUT2D eigenvalue weighted by Gasteiger charge is 2.36. The first kappa shape index (κ1) is 20.5. The quantitative estimate of drug-likeness (QED) is 0.563. The first-order valence-corrected chi connectivity index (χ1v) is 9.79. The number of ether oxygens (including phenoxy) is 4. The van der Waals surface area contributed by atoms with Gasteiger partial charge in [0.15, 0.2) is 17.2 Å². The second-order valence-electron chi connectivity index (χ2n) is 7.12. The van der Waals surface area contributed by atoms with Gasteiger partial charge in [0.2, 0.25) is 6.10 Å². The first-order chi connectivity index (χ1) is 15.0. The van der Waals surface area contributed by atoms with E-state index in [9.17, 15) is 9.59 Å². The van der Waals surface area contributed by atoms with Gasteiger partial charge in [-0.15, -0.1) is 0 Å². The Hall–Kier alpha value is -3.81. The molecule has 8 heteroatoms. The molecular formula is C23H22N2O6. The molecule has 0 N–H and O–H groups in total. The van der Waals surface area contributed by atoms with E-state index in [1.807, 2.05) is 30.3 Å². The van der Waals surface area contributed by atoms with E-state index < -0.39 is 18.0 Å². The number of cyclic esters (lactones) is 1. The van der Waals surface area contributed by atoms with Crippen LogP contribution in [0.15, 0.2) is 54.7 Å². The molecular weight excluding hydrogens is 400 g/mol. The molecule has 1 saturated heterocycles. The van der Waals surface area contributed by atoms with Crippen molar-refractivity contribution >= 4 is 11.9 Å². The SMILES string of the molecule is COc1ccc(-c2cn(-c3ccccc3)nc2C(=O)OC2CC(C)OC2=O)cc1OC. The number of carbonyl (C=O) groups excluding carboxylic acids is 2. The molecule has 31 heavy (non-hydrogen) atoms. The van der Waals surface area contributed by atoms with Crippen LogP contribution < -0.4 is 9.47 Å². The van der Waals surface area contributed by atoms with Crippen molar-refractivity contribution in [1.29, 1.82) is 0 Å². The molecule has 2 unspecified atom stereocenters. The molecule has 2 aromatic carbocycles.